The van der Waals surface area contributed by atoms with Crippen molar-refractivity contribution in [1.29, 1.82) is 0 Å². The van der Waals surface area contributed by atoms with Gasteiger partial charge < -0.3 is 4.42 Å². The first-order valence-corrected chi connectivity index (χ1v) is 6.68. The third-order valence-corrected chi connectivity index (χ3v) is 3.59. The molecule has 0 aliphatic rings. The van der Waals surface area contributed by atoms with Crippen LogP contribution in [0.5, 0.6) is 0 Å². The van der Waals surface area contributed by atoms with E-state index in [1.54, 1.807) is 12.1 Å². The lowest BCUT2D eigenvalue weighted by Gasteiger charge is -2.02. The van der Waals surface area contributed by atoms with Crippen molar-refractivity contribution < 1.29 is 9.21 Å². The van der Waals surface area contributed by atoms with Gasteiger partial charge in [0.05, 0.1) is 12.0 Å². The number of Topliss-reactive ketones (excluding diaryl/α,β-unsaturated/α-hetero) is 1. The minimum absolute atomic E-state index is 0.00653. The van der Waals surface area contributed by atoms with E-state index < -0.39 is 0 Å². The largest absolute Gasteiger partial charge is 0.461 e. The highest BCUT2D eigenvalue weighted by Crippen LogP contribution is 2.21. The number of furan rings is 1. The topological polar surface area (TPSA) is 30.2 Å². The summed E-state index contributed by atoms with van der Waals surface area (Å²) in [5, 5.41) is 0.741. The first-order valence-electron chi connectivity index (χ1n) is 5.15. The maximum Gasteiger partial charge on any atom is 0.207 e. The van der Waals surface area contributed by atoms with Crippen LogP contribution in [0.4, 0.5) is 0 Å². The van der Waals surface area contributed by atoms with Crippen molar-refractivity contribution in [2.45, 2.75) is 5.75 Å². The van der Waals surface area contributed by atoms with E-state index in [0.29, 0.717) is 11.5 Å². The fourth-order valence-electron chi connectivity index (χ4n) is 1.38. The van der Waals surface area contributed by atoms with Crippen molar-refractivity contribution in [3.8, 4) is 0 Å². The lowest BCUT2D eigenvalue weighted by Crippen LogP contribution is -2.00. The van der Waals surface area contributed by atoms with Crippen LogP contribution >= 0.6 is 23.4 Å². The van der Waals surface area contributed by atoms with E-state index >= 15 is 0 Å². The monoisotopic (exact) mass is 266 g/mol. The standard InChI is InChI=1S/C13H11ClO2S/c14-11-5-2-1-4-10(11)8-17-9-12(15)13-6-3-7-16-13/h1-7H,8-9H2. The molecule has 88 valence electrons. The van der Waals surface area contributed by atoms with Crippen LogP contribution in [-0.4, -0.2) is 11.5 Å². The van der Waals surface area contributed by atoms with Crippen LogP contribution in [0.3, 0.4) is 0 Å². The third kappa shape index (κ3) is 3.38. The second kappa shape index (κ2) is 5.94. The van der Waals surface area contributed by atoms with Gasteiger partial charge in [-0.1, -0.05) is 29.8 Å². The van der Waals surface area contributed by atoms with Crippen LogP contribution < -0.4 is 0 Å². The molecule has 0 radical (unpaired) electrons. The summed E-state index contributed by atoms with van der Waals surface area (Å²) >= 11 is 7.56. The highest BCUT2D eigenvalue weighted by atomic mass is 35.5. The Bertz CT molecular complexity index is 494. The van der Waals surface area contributed by atoms with Crippen LogP contribution in [0.1, 0.15) is 16.1 Å². The van der Waals surface area contributed by atoms with E-state index in [0.717, 1.165) is 16.3 Å². The summed E-state index contributed by atoms with van der Waals surface area (Å²) in [6.45, 7) is 0. The van der Waals surface area contributed by atoms with E-state index in [-0.39, 0.29) is 5.78 Å². The van der Waals surface area contributed by atoms with Gasteiger partial charge in [-0.3, -0.25) is 4.79 Å². The Morgan fingerprint density at radius 1 is 1.24 bits per heavy atom. The Labute approximate surface area is 109 Å². The van der Waals surface area contributed by atoms with Gasteiger partial charge >= 0.3 is 0 Å². The Morgan fingerprint density at radius 3 is 2.76 bits per heavy atom. The molecule has 2 nitrogen and oxygen atoms in total. The molecule has 0 bridgehead atoms. The van der Waals surface area contributed by atoms with Crippen molar-refractivity contribution in [3.63, 3.8) is 0 Å². The molecule has 0 N–H and O–H groups in total. The van der Waals surface area contributed by atoms with Gasteiger partial charge in [-0.2, -0.15) is 0 Å². The van der Waals surface area contributed by atoms with Gasteiger partial charge in [0.15, 0.2) is 5.76 Å². The fourth-order valence-corrected chi connectivity index (χ4v) is 2.56. The Balaban J connectivity index is 1.84. The smallest absolute Gasteiger partial charge is 0.207 e. The molecule has 2 rings (SSSR count). The molecule has 0 atom stereocenters. The second-order valence-electron chi connectivity index (χ2n) is 3.48. The number of rotatable bonds is 5. The van der Waals surface area contributed by atoms with E-state index in [9.17, 15) is 4.79 Å². The highest BCUT2D eigenvalue weighted by molar-refractivity contribution is 7.99. The number of carbonyl (C=O) groups is 1. The number of thioether (sulfide) groups is 1. The van der Waals surface area contributed by atoms with E-state index in [4.69, 9.17) is 16.0 Å². The number of ketones is 1. The van der Waals surface area contributed by atoms with E-state index in [1.807, 2.05) is 24.3 Å². The summed E-state index contributed by atoms with van der Waals surface area (Å²) in [6.07, 6.45) is 1.51. The minimum atomic E-state index is 0.00653. The van der Waals surface area contributed by atoms with Crippen LogP contribution in [0.15, 0.2) is 47.1 Å². The van der Waals surface area contributed by atoms with Crippen LogP contribution in [0.2, 0.25) is 5.02 Å². The molecule has 1 aromatic heterocycles. The zero-order valence-corrected chi connectivity index (χ0v) is 10.6. The lowest BCUT2D eigenvalue weighted by molar-refractivity contribution is 0.0992. The first-order chi connectivity index (χ1) is 8.27. The summed E-state index contributed by atoms with van der Waals surface area (Å²) in [7, 11) is 0. The second-order valence-corrected chi connectivity index (χ2v) is 4.88. The average molecular weight is 267 g/mol. The van der Waals surface area contributed by atoms with Gasteiger partial charge in [0.25, 0.3) is 0 Å². The summed E-state index contributed by atoms with van der Waals surface area (Å²) in [5.74, 6) is 1.55. The van der Waals surface area contributed by atoms with E-state index in [2.05, 4.69) is 0 Å². The van der Waals surface area contributed by atoms with Crippen LogP contribution in [-0.2, 0) is 5.75 Å². The van der Waals surface area contributed by atoms with Crippen molar-refractivity contribution in [1.82, 2.24) is 0 Å². The Morgan fingerprint density at radius 2 is 2.06 bits per heavy atom. The normalized spacial score (nSPS) is 10.4. The molecule has 4 heteroatoms. The van der Waals surface area contributed by atoms with Crippen molar-refractivity contribution >= 4 is 29.1 Å². The molecular formula is C13H11ClO2S. The van der Waals surface area contributed by atoms with E-state index in [1.165, 1.54) is 18.0 Å². The molecule has 0 aliphatic carbocycles. The van der Waals surface area contributed by atoms with Crippen LogP contribution in [0, 0.1) is 0 Å². The molecule has 0 unspecified atom stereocenters. The first kappa shape index (κ1) is 12.3. The summed E-state index contributed by atoms with van der Waals surface area (Å²) in [5.41, 5.74) is 1.05. The number of benzene rings is 1. The molecular weight excluding hydrogens is 256 g/mol. The average Bonchev–Trinajstić information content (AvgIpc) is 2.85. The number of hydrogen-bond acceptors (Lipinski definition) is 3. The minimum Gasteiger partial charge on any atom is -0.461 e. The molecule has 2 aromatic rings. The van der Waals surface area contributed by atoms with Gasteiger partial charge in [0, 0.05) is 10.8 Å². The predicted molar refractivity (Wildman–Crippen MR) is 70.7 cm³/mol. The quantitative estimate of drug-likeness (QED) is 0.765. The molecule has 0 saturated heterocycles. The lowest BCUT2D eigenvalue weighted by atomic mass is 10.2. The summed E-state index contributed by atoms with van der Waals surface area (Å²) < 4.78 is 5.03. The van der Waals surface area contributed by atoms with Crippen molar-refractivity contribution in [2.75, 3.05) is 5.75 Å². The molecule has 0 amide bonds. The molecule has 17 heavy (non-hydrogen) atoms. The van der Waals surface area contributed by atoms with Gasteiger partial charge in [0.2, 0.25) is 5.78 Å². The zero-order valence-electron chi connectivity index (χ0n) is 9.06. The van der Waals surface area contributed by atoms with Crippen molar-refractivity contribution in [2.24, 2.45) is 0 Å². The van der Waals surface area contributed by atoms with Crippen LogP contribution in [0.25, 0.3) is 0 Å². The van der Waals surface area contributed by atoms with Gasteiger partial charge in [-0.15, -0.1) is 11.8 Å². The molecule has 0 saturated carbocycles. The highest BCUT2D eigenvalue weighted by Gasteiger charge is 2.08. The SMILES string of the molecule is O=C(CSCc1ccccc1Cl)c1ccco1. The molecule has 1 heterocycles. The summed E-state index contributed by atoms with van der Waals surface area (Å²) in [4.78, 5) is 11.6. The maximum atomic E-state index is 11.6. The molecule has 0 aliphatic heterocycles. The maximum absolute atomic E-state index is 11.6. The van der Waals surface area contributed by atoms with Gasteiger partial charge in [-0.05, 0) is 23.8 Å². The number of carbonyl (C=O) groups excluding carboxylic acids is 1. The Kier molecular flexibility index (Phi) is 4.29. The molecule has 0 spiro atoms. The molecule has 0 fully saturated rings. The third-order valence-electron chi connectivity index (χ3n) is 2.24. The summed E-state index contributed by atoms with van der Waals surface area (Å²) in [6, 6.07) is 11.0. The number of halogens is 1. The predicted octanol–water partition coefficient (Wildman–Crippen LogP) is 4.05. The number of hydrogen-bond donors (Lipinski definition) is 0. The zero-order chi connectivity index (χ0) is 12.1. The Hall–Kier alpha value is -1.19. The fraction of sp³-hybridized carbons (Fsp3) is 0.154. The van der Waals surface area contributed by atoms with Gasteiger partial charge in [0.1, 0.15) is 0 Å². The van der Waals surface area contributed by atoms with Gasteiger partial charge in [-0.25, -0.2) is 0 Å². The molecule has 1 aromatic carbocycles. The van der Waals surface area contributed by atoms with Crippen molar-refractivity contribution in [3.05, 3.63) is 59.0 Å².